The largest absolute Gasteiger partial charge is 0.497 e. The molecule has 0 fully saturated rings. The van der Waals surface area contributed by atoms with E-state index in [-0.39, 0.29) is 0 Å². The molecule has 0 saturated heterocycles. The van der Waals surface area contributed by atoms with Crippen LogP contribution in [0.25, 0.3) is 16.2 Å². The second-order valence-electron chi connectivity index (χ2n) is 7.31. The Kier molecular flexibility index (Phi) is 5.71. The summed E-state index contributed by atoms with van der Waals surface area (Å²) in [4.78, 5) is 5.90. The number of ether oxygens (including phenoxy) is 2. The highest BCUT2D eigenvalue weighted by molar-refractivity contribution is 7.13. The van der Waals surface area contributed by atoms with Crippen LogP contribution in [0.4, 0.5) is 11.5 Å². The highest BCUT2D eigenvalue weighted by Crippen LogP contribution is 2.38. The van der Waals surface area contributed by atoms with E-state index >= 15 is 0 Å². The maximum atomic E-state index is 6.17. The zero-order valence-electron chi connectivity index (χ0n) is 18.0. The third-order valence-electron chi connectivity index (χ3n) is 5.22. The van der Waals surface area contributed by atoms with Gasteiger partial charge in [0.05, 0.1) is 12.0 Å². The summed E-state index contributed by atoms with van der Waals surface area (Å²) in [7, 11) is 1.65. The van der Waals surface area contributed by atoms with Crippen molar-refractivity contribution in [1.29, 1.82) is 0 Å². The monoisotopic (exact) mass is 451 g/mol. The molecule has 2 aromatic carbocycles. The first-order valence-electron chi connectivity index (χ1n) is 10.4. The summed E-state index contributed by atoms with van der Waals surface area (Å²) in [6.45, 7) is 0.454. The Morgan fingerprint density at radius 2 is 1.94 bits per heavy atom. The summed E-state index contributed by atoms with van der Waals surface area (Å²) >= 11 is 1.57. The first kappa shape index (κ1) is 20.7. The number of hydrogen-bond acceptors (Lipinski definition) is 5. The molecule has 5 aromatic rings. The number of pyridine rings is 1. The summed E-state index contributed by atoms with van der Waals surface area (Å²) < 4.78 is 13.5. The van der Waals surface area contributed by atoms with Gasteiger partial charge in [0.2, 0.25) is 0 Å². The zero-order chi connectivity index (χ0) is 22.6. The number of benzene rings is 2. The fourth-order valence-electron chi connectivity index (χ4n) is 3.61. The fourth-order valence-corrected chi connectivity index (χ4v) is 4.46. The van der Waals surface area contributed by atoms with Gasteiger partial charge < -0.3 is 14.8 Å². The Bertz CT molecular complexity index is 1450. The van der Waals surface area contributed by atoms with E-state index in [1.165, 1.54) is 0 Å². The van der Waals surface area contributed by atoms with E-state index < -0.39 is 0 Å². The number of nitrogens with one attached hydrogen (secondary N) is 1. The lowest BCUT2D eigenvalue weighted by molar-refractivity contribution is 0.308. The van der Waals surface area contributed by atoms with Crippen LogP contribution in [-0.4, -0.2) is 16.5 Å². The summed E-state index contributed by atoms with van der Waals surface area (Å²) in [6.07, 6.45) is 7.73. The quantitative estimate of drug-likeness (QED) is 0.292. The van der Waals surface area contributed by atoms with E-state index in [1.807, 2.05) is 88.8 Å². The molecule has 3 aromatic heterocycles. The van der Waals surface area contributed by atoms with Gasteiger partial charge in [0, 0.05) is 23.5 Å². The van der Waals surface area contributed by atoms with Crippen molar-refractivity contribution < 1.29 is 9.47 Å². The predicted octanol–water partition coefficient (Wildman–Crippen LogP) is 6.38. The van der Waals surface area contributed by atoms with Gasteiger partial charge in [-0.1, -0.05) is 42.3 Å². The van der Waals surface area contributed by atoms with Crippen molar-refractivity contribution in [2.24, 2.45) is 0 Å². The van der Waals surface area contributed by atoms with Gasteiger partial charge in [-0.25, -0.2) is 4.98 Å². The van der Waals surface area contributed by atoms with Gasteiger partial charge in [0.1, 0.15) is 23.9 Å². The minimum atomic E-state index is 0.454. The van der Waals surface area contributed by atoms with Crippen LogP contribution in [0, 0.1) is 12.3 Å². The molecule has 5 nitrogen and oxygen atoms in total. The van der Waals surface area contributed by atoms with Crippen molar-refractivity contribution in [2.75, 3.05) is 12.4 Å². The maximum Gasteiger partial charge on any atom is 0.182 e. The molecule has 0 unspecified atom stereocenters. The Labute approximate surface area is 196 Å². The lowest BCUT2D eigenvalue weighted by Gasteiger charge is -2.11. The maximum absolute atomic E-state index is 6.17. The van der Waals surface area contributed by atoms with Crippen molar-refractivity contribution in [3.05, 3.63) is 95.5 Å². The minimum Gasteiger partial charge on any atom is -0.497 e. The average molecular weight is 452 g/mol. The number of aromatic nitrogens is 2. The van der Waals surface area contributed by atoms with E-state index in [2.05, 4.69) is 11.2 Å². The second-order valence-corrected chi connectivity index (χ2v) is 8.23. The first-order valence-corrected chi connectivity index (χ1v) is 11.3. The molecular weight excluding hydrogens is 430 g/mol. The minimum absolute atomic E-state index is 0.454. The molecule has 0 saturated carbocycles. The highest BCUT2D eigenvalue weighted by atomic mass is 32.1. The van der Waals surface area contributed by atoms with Crippen molar-refractivity contribution in [2.45, 2.75) is 6.61 Å². The number of methoxy groups -OCH3 is 1. The van der Waals surface area contributed by atoms with Gasteiger partial charge in [-0.15, -0.1) is 17.8 Å². The summed E-state index contributed by atoms with van der Waals surface area (Å²) in [5, 5.41) is 5.50. The number of imidazole rings is 1. The number of terminal acetylenes is 1. The van der Waals surface area contributed by atoms with Gasteiger partial charge in [-0.3, -0.25) is 4.40 Å². The van der Waals surface area contributed by atoms with E-state index in [9.17, 15) is 0 Å². The van der Waals surface area contributed by atoms with E-state index in [0.29, 0.717) is 18.0 Å². The van der Waals surface area contributed by atoms with E-state index in [0.717, 1.165) is 39.0 Å². The molecule has 0 aliphatic rings. The molecule has 0 amide bonds. The summed E-state index contributed by atoms with van der Waals surface area (Å²) in [5.74, 6) is 5.04. The van der Waals surface area contributed by atoms with E-state index in [4.69, 9.17) is 20.9 Å². The Hall–Kier alpha value is -4.21. The molecule has 0 aliphatic carbocycles. The van der Waals surface area contributed by atoms with Crippen molar-refractivity contribution in [1.82, 2.24) is 9.38 Å². The average Bonchev–Trinajstić information content (AvgIpc) is 3.48. The Morgan fingerprint density at radius 1 is 1.06 bits per heavy atom. The van der Waals surface area contributed by atoms with Crippen LogP contribution in [0.15, 0.2) is 84.4 Å². The van der Waals surface area contributed by atoms with Gasteiger partial charge >= 0.3 is 0 Å². The van der Waals surface area contributed by atoms with Crippen LogP contribution in [0.1, 0.15) is 11.1 Å². The number of nitrogens with zero attached hydrogens (tertiary/aromatic N) is 2. The molecule has 5 rings (SSSR count). The third kappa shape index (κ3) is 4.14. The molecule has 162 valence electrons. The van der Waals surface area contributed by atoms with Crippen LogP contribution in [0.3, 0.4) is 0 Å². The Morgan fingerprint density at radius 3 is 2.76 bits per heavy atom. The van der Waals surface area contributed by atoms with Gasteiger partial charge in [0.25, 0.3) is 0 Å². The number of anilines is 2. The topological polar surface area (TPSA) is 47.8 Å². The van der Waals surface area contributed by atoms with Crippen molar-refractivity contribution in [3.63, 3.8) is 0 Å². The number of fused-ring (bicyclic) bond motifs is 1. The molecule has 0 atom stereocenters. The third-order valence-corrected chi connectivity index (χ3v) is 6.14. The molecule has 1 N–H and O–H groups in total. The molecule has 0 bridgehead atoms. The smallest absolute Gasteiger partial charge is 0.182 e. The second kappa shape index (κ2) is 9.11. The predicted molar refractivity (Wildman–Crippen MR) is 133 cm³/mol. The SMILES string of the molecule is C#Cc1ccsc1-c1nc2c(OCc3ccccc3)cccn2c1Nc1cccc(OC)c1. The molecular formula is C27H21N3O2S. The zero-order valence-corrected chi connectivity index (χ0v) is 18.8. The van der Waals surface area contributed by atoms with Crippen molar-refractivity contribution in [3.8, 4) is 34.4 Å². The molecule has 6 heteroatoms. The van der Waals surface area contributed by atoms with Crippen LogP contribution in [-0.2, 0) is 6.61 Å². The lowest BCUT2D eigenvalue weighted by atomic mass is 10.2. The normalized spacial score (nSPS) is 10.7. The first-order chi connectivity index (χ1) is 16.3. The molecule has 0 aliphatic heterocycles. The standard InChI is InChI=1S/C27H21N3O2S/c1-3-20-14-16-33-25(20)24-27(28-21-11-7-12-22(17-21)31-2)30-15-8-13-23(26(30)29-24)32-18-19-9-5-4-6-10-19/h1,4-17,28H,18H2,2H3. The van der Waals surface area contributed by atoms with Crippen LogP contribution < -0.4 is 14.8 Å². The van der Waals surface area contributed by atoms with Crippen molar-refractivity contribution >= 4 is 28.5 Å². The molecule has 0 radical (unpaired) electrons. The highest BCUT2D eigenvalue weighted by Gasteiger charge is 2.20. The Balaban J connectivity index is 1.61. The van der Waals surface area contributed by atoms with Gasteiger partial charge in [-0.2, -0.15) is 0 Å². The van der Waals surface area contributed by atoms with Crippen LogP contribution >= 0.6 is 11.3 Å². The molecule has 0 spiro atoms. The van der Waals surface area contributed by atoms with Crippen LogP contribution in [0.2, 0.25) is 0 Å². The van der Waals surface area contributed by atoms with Crippen LogP contribution in [0.5, 0.6) is 11.5 Å². The summed E-state index contributed by atoms with van der Waals surface area (Å²) in [5.41, 5.74) is 4.27. The number of hydrogen-bond donors (Lipinski definition) is 1. The summed E-state index contributed by atoms with van der Waals surface area (Å²) in [6, 6.07) is 23.7. The number of thiophene rings is 1. The fraction of sp³-hybridized carbons (Fsp3) is 0.0741. The van der Waals surface area contributed by atoms with E-state index in [1.54, 1.807) is 18.4 Å². The number of rotatable bonds is 7. The lowest BCUT2D eigenvalue weighted by Crippen LogP contribution is -1.99. The van der Waals surface area contributed by atoms with Gasteiger partial charge in [-0.05, 0) is 41.3 Å². The molecule has 3 heterocycles. The van der Waals surface area contributed by atoms with Gasteiger partial charge in [0.15, 0.2) is 11.4 Å². The molecule has 33 heavy (non-hydrogen) atoms.